The highest BCUT2D eigenvalue weighted by Gasteiger charge is 2.19. The molecule has 0 aromatic heterocycles. The van der Waals surface area contributed by atoms with Crippen molar-refractivity contribution in [3.05, 3.63) is 29.8 Å². The predicted octanol–water partition coefficient (Wildman–Crippen LogP) is 3.67. The van der Waals surface area contributed by atoms with E-state index in [1.807, 2.05) is 31.2 Å². The molecule has 0 heterocycles. The molecule has 0 bridgehead atoms. The van der Waals surface area contributed by atoms with Gasteiger partial charge in [-0.15, -0.1) is 0 Å². The van der Waals surface area contributed by atoms with Crippen LogP contribution in [0.1, 0.15) is 45.6 Å². The van der Waals surface area contributed by atoms with E-state index in [1.54, 1.807) is 7.11 Å². The van der Waals surface area contributed by atoms with E-state index in [1.165, 1.54) is 0 Å². The zero-order valence-electron chi connectivity index (χ0n) is 15.0. The summed E-state index contributed by atoms with van der Waals surface area (Å²) in [6.07, 6.45) is 0.539. The highest BCUT2D eigenvalue weighted by atomic mass is 32.2. The Bertz CT molecular complexity index is 573. The third-order valence-electron chi connectivity index (χ3n) is 3.45. The number of rotatable bonds is 9. The first kappa shape index (κ1) is 20.0. The summed E-state index contributed by atoms with van der Waals surface area (Å²) in [6, 6.07) is 7.57. The van der Waals surface area contributed by atoms with Gasteiger partial charge in [0, 0.05) is 6.61 Å². The topological polar surface area (TPSA) is 52.6 Å². The molecule has 0 saturated heterocycles. The molecule has 0 spiro atoms. The molecule has 0 aliphatic carbocycles. The number of methoxy groups -OCH3 is 1. The Morgan fingerprint density at radius 2 is 1.83 bits per heavy atom. The minimum absolute atomic E-state index is 0.0911. The van der Waals surface area contributed by atoms with Crippen LogP contribution in [0.15, 0.2) is 24.3 Å². The van der Waals surface area contributed by atoms with Crippen molar-refractivity contribution >= 4 is 9.84 Å². The van der Waals surface area contributed by atoms with Crippen molar-refractivity contribution in [3.63, 3.8) is 0 Å². The van der Waals surface area contributed by atoms with Crippen LogP contribution in [-0.4, -0.2) is 40.2 Å². The molecule has 23 heavy (non-hydrogen) atoms. The first-order valence-electron chi connectivity index (χ1n) is 8.06. The van der Waals surface area contributed by atoms with Gasteiger partial charge in [-0.05, 0) is 29.4 Å². The van der Waals surface area contributed by atoms with E-state index < -0.39 is 9.84 Å². The Kier molecular flexibility index (Phi) is 7.55. The molecule has 1 rings (SSSR count). The van der Waals surface area contributed by atoms with Crippen molar-refractivity contribution in [1.29, 1.82) is 0 Å². The van der Waals surface area contributed by atoms with E-state index in [-0.39, 0.29) is 22.8 Å². The van der Waals surface area contributed by atoms with Gasteiger partial charge in [-0.1, -0.05) is 45.9 Å². The van der Waals surface area contributed by atoms with Gasteiger partial charge in [-0.3, -0.25) is 0 Å². The highest BCUT2D eigenvalue weighted by Crippen LogP contribution is 2.27. The maximum atomic E-state index is 12.3. The summed E-state index contributed by atoms with van der Waals surface area (Å²) in [7, 11) is -1.50. The van der Waals surface area contributed by atoms with E-state index in [2.05, 4.69) is 20.8 Å². The van der Waals surface area contributed by atoms with Gasteiger partial charge in [-0.2, -0.15) is 0 Å². The Hall–Kier alpha value is -1.07. The summed E-state index contributed by atoms with van der Waals surface area (Å²) >= 11 is 0. The van der Waals surface area contributed by atoms with Crippen LogP contribution in [-0.2, 0) is 14.6 Å². The van der Waals surface area contributed by atoms with Gasteiger partial charge in [-0.25, -0.2) is 8.42 Å². The molecular weight excluding hydrogens is 312 g/mol. The summed E-state index contributed by atoms with van der Waals surface area (Å²) in [5.41, 5.74) is 1.04. The molecule has 0 radical (unpaired) electrons. The second kappa shape index (κ2) is 8.69. The van der Waals surface area contributed by atoms with Crippen LogP contribution in [0.3, 0.4) is 0 Å². The van der Waals surface area contributed by atoms with E-state index >= 15 is 0 Å². The second-order valence-electron chi connectivity index (χ2n) is 7.22. The average molecular weight is 343 g/mol. The SMILES string of the molecule is COc1ccccc1[C@@H](C)CS(=O)(=O)CCCOCC(C)(C)C. The van der Waals surface area contributed by atoms with Crippen molar-refractivity contribution in [2.24, 2.45) is 5.41 Å². The smallest absolute Gasteiger partial charge is 0.150 e. The highest BCUT2D eigenvalue weighted by molar-refractivity contribution is 7.91. The van der Waals surface area contributed by atoms with Crippen molar-refractivity contribution in [2.45, 2.75) is 40.0 Å². The number of hydrogen-bond acceptors (Lipinski definition) is 4. The molecule has 0 saturated carbocycles. The Balaban J connectivity index is 2.48. The van der Waals surface area contributed by atoms with Gasteiger partial charge in [0.1, 0.15) is 5.75 Å². The molecular formula is C18H30O4S. The zero-order chi connectivity index (χ0) is 17.5. The molecule has 1 aromatic carbocycles. The quantitative estimate of drug-likeness (QED) is 0.643. The van der Waals surface area contributed by atoms with Crippen LogP contribution in [0.2, 0.25) is 0 Å². The fourth-order valence-corrected chi connectivity index (χ4v) is 4.05. The van der Waals surface area contributed by atoms with Gasteiger partial charge in [0.2, 0.25) is 0 Å². The number of benzene rings is 1. The maximum absolute atomic E-state index is 12.3. The lowest BCUT2D eigenvalue weighted by molar-refractivity contribution is 0.0720. The van der Waals surface area contributed by atoms with E-state index in [0.29, 0.717) is 19.6 Å². The number of para-hydroxylation sites is 1. The fraction of sp³-hybridized carbons (Fsp3) is 0.667. The molecule has 4 nitrogen and oxygen atoms in total. The Morgan fingerprint density at radius 1 is 1.17 bits per heavy atom. The molecule has 1 aromatic rings. The molecule has 0 aliphatic heterocycles. The van der Waals surface area contributed by atoms with Gasteiger partial charge in [0.15, 0.2) is 9.84 Å². The molecule has 0 unspecified atom stereocenters. The van der Waals surface area contributed by atoms with Crippen molar-refractivity contribution in [2.75, 3.05) is 31.8 Å². The summed E-state index contributed by atoms with van der Waals surface area (Å²) < 4.78 is 35.4. The second-order valence-corrected chi connectivity index (χ2v) is 9.45. The van der Waals surface area contributed by atoms with E-state index in [0.717, 1.165) is 11.3 Å². The molecule has 0 amide bonds. The third-order valence-corrected chi connectivity index (χ3v) is 5.37. The van der Waals surface area contributed by atoms with E-state index in [4.69, 9.17) is 9.47 Å². The average Bonchev–Trinajstić information content (AvgIpc) is 2.45. The third kappa shape index (κ3) is 7.84. The van der Waals surface area contributed by atoms with Gasteiger partial charge in [0.05, 0.1) is 25.2 Å². The normalized spacial score (nSPS) is 13.8. The van der Waals surface area contributed by atoms with Crippen LogP contribution >= 0.6 is 0 Å². The molecule has 0 aliphatic rings. The first-order valence-corrected chi connectivity index (χ1v) is 9.88. The van der Waals surface area contributed by atoms with Crippen molar-refractivity contribution in [3.8, 4) is 5.75 Å². The predicted molar refractivity (Wildman–Crippen MR) is 95.0 cm³/mol. The van der Waals surface area contributed by atoms with Crippen molar-refractivity contribution < 1.29 is 17.9 Å². The monoisotopic (exact) mass is 342 g/mol. The zero-order valence-corrected chi connectivity index (χ0v) is 15.8. The van der Waals surface area contributed by atoms with Crippen LogP contribution in [0.25, 0.3) is 0 Å². The van der Waals surface area contributed by atoms with E-state index in [9.17, 15) is 8.42 Å². The molecule has 0 N–H and O–H groups in total. The van der Waals surface area contributed by atoms with Gasteiger partial charge < -0.3 is 9.47 Å². The number of sulfone groups is 1. The van der Waals surface area contributed by atoms with Crippen molar-refractivity contribution in [1.82, 2.24) is 0 Å². The molecule has 132 valence electrons. The standard InChI is InChI=1S/C18H30O4S/c1-15(16-9-6-7-10-17(16)21-5)13-23(19,20)12-8-11-22-14-18(2,3)4/h6-7,9-10,15H,8,11-14H2,1-5H3/t15-/m0/s1. The summed E-state index contributed by atoms with van der Waals surface area (Å²) in [5.74, 6) is 0.943. The lowest BCUT2D eigenvalue weighted by atomic mass is 9.99. The number of hydrogen-bond donors (Lipinski definition) is 0. The molecule has 1 atom stereocenters. The minimum Gasteiger partial charge on any atom is -0.496 e. The fourth-order valence-electron chi connectivity index (χ4n) is 2.39. The number of ether oxygens (including phenoxy) is 2. The molecule has 5 heteroatoms. The maximum Gasteiger partial charge on any atom is 0.150 e. The molecule has 0 fully saturated rings. The first-order chi connectivity index (χ1) is 10.6. The van der Waals surface area contributed by atoms with Crippen LogP contribution < -0.4 is 4.74 Å². The summed E-state index contributed by atoms with van der Waals surface area (Å²) in [4.78, 5) is 0. The Labute approximate surface area is 141 Å². The summed E-state index contributed by atoms with van der Waals surface area (Å²) in [5, 5.41) is 0. The lowest BCUT2D eigenvalue weighted by Gasteiger charge is -2.18. The Morgan fingerprint density at radius 3 is 2.43 bits per heavy atom. The largest absolute Gasteiger partial charge is 0.496 e. The minimum atomic E-state index is -3.11. The summed E-state index contributed by atoms with van der Waals surface area (Å²) in [6.45, 7) is 9.34. The van der Waals surface area contributed by atoms with Gasteiger partial charge in [0.25, 0.3) is 0 Å². The lowest BCUT2D eigenvalue weighted by Crippen LogP contribution is -2.19. The van der Waals surface area contributed by atoms with Gasteiger partial charge >= 0.3 is 0 Å². The van der Waals surface area contributed by atoms with Crippen LogP contribution in [0.5, 0.6) is 5.75 Å². The van der Waals surface area contributed by atoms with Crippen LogP contribution in [0.4, 0.5) is 0 Å². The van der Waals surface area contributed by atoms with Crippen LogP contribution in [0, 0.1) is 5.41 Å².